The number of allylic oxidation sites excluding steroid dienone is 5. The maximum Gasteiger partial charge on any atom is 0.0811 e. The molecule has 30 heavy (non-hydrogen) atoms. The monoisotopic (exact) mass is 412 g/mol. The molecule has 0 aromatic carbocycles. The average molecular weight is 413 g/mol. The largest absolute Gasteiger partial charge is 0.393 e. The molecule has 3 saturated carbocycles. The van der Waals surface area contributed by atoms with Gasteiger partial charge in [-0.1, -0.05) is 71.1 Å². The van der Waals surface area contributed by atoms with Crippen LogP contribution in [0.3, 0.4) is 0 Å². The van der Waals surface area contributed by atoms with Crippen molar-refractivity contribution < 1.29 is 10.2 Å². The number of hydrogen-bond acceptors (Lipinski definition) is 2. The summed E-state index contributed by atoms with van der Waals surface area (Å²) in [4.78, 5) is 0. The Kier molecular flexibility index (Phi) is 7.51. The van der Waals surface area contributed by atoms with Gasteiger partial charge in [-0.15, -0.1) is 0 Å². The van der Waals surface area contributed by atoms with Crippen LogP contribution in [0.1, 0.15) is 79.6 Å². The lowest BCUT2D eigenvalue weighted by Crippen LogP contribution is -2.35. The average Bonchev–Trinajstić information content (AvgIpc) is 3.04. The summed E-state index contributed by atoms with van der Waals surface area (Å²) in [5, 5.41) is 20.2. The van der Waals surface area contributed by atoms with E-state index in [1.54, 1.807) is 5.57 Å². The second-order valence-corrected chi connectivity index (χ2v) is 11.0. The molecule has 0 bridgehead atoms. The Hall–Kier alpha value is -1.12. The van der Waals surface area contributed by atoms with E-state index < -0.39 is 12.2 Å². The van der Waals surface area contributed by atoms with E-state index in [9.17, 15) is 10.2 Å². The van der Waals surface area contributed by atoms with Crippen LogP contribution in [0, 0.1) is 35.0 Å². The van der Waals surface area contributed by atoms with Crippen molar-refractivity contribution in [3.05, 3.63) is 47.6 Å². The van der Waals surface area contributed by atoms with Gasteiger partial charge in [0.25, 0.3) is 0 Å². The van der Waals surface area contributed by atoms with Gasteiger partial charge in [-0.2, -0.15) is 0 Å². The van der Waals surface area contributed by atoms with E-state index in [0.29, 0.717) is 41.9 Å². The molecule has 3 aliphatic rings. The van der Waals surface area contributed by atoms with E-state index >= 15 is 0 Å². The Morgan fingerprint density at radius 3 is 2.50 bits per heavy atom. The van der Waals surface area contributed by atoms with Gasteiger partial charge in [0, 0.05) is 6.42 Å². The van der Waals surface area contributed by atoms with Crippen LogP contribution in [0.2, 0.25) is 0 Å². The molecule has 0 aromatic rings. The summed E-state index contributed by atoms with van der Waals surface area (Å²) in [6.07, 6.45) is 15.8. The maximum atomic E-state index is 10.1. The first-order chi connectivity index (χ1) is 14.1. The van der Waals surface area contributed by atoms with E-state index in [2.05, 4.69) is 65.5 Å². The number of rotatable bonds is 5. The predicted molar refractivity (Wildman–Crippen MR) is 127 cm³/mol. The van der Waals surface area contributed by atoms with E-state index in [1.807, 2.05) is 0 Å². The van der Waals surface area contributed by atoms with Gasteiger partial charge in [0.2, 0.25) is 0 Å². The molecule has 7 atom stereocenters. The zero-order valence-corrected chi connectivity index (χ0v) is 19.9. The summed E-state index contributed by atoms with van der Waals surface area (Å²) in [7, 11) is 0. The third-order valence-corrected chi connectivity index (χ3v) is 8.71. The highest BCUT2D eigenvalue weighted by atomic mass is 16.3. The quantitative estimate of drug-likeness (QED) is 0.499. The van der Waals surface area contributed by atoms with Gasteiger partial charge >= 0.3 is 0 Å². The van der Waals surface area contributed by atoms with Crippen LogP contribution in [0.4, 0.5) is 0 Å². The minimum atomic E-state index is -0.605. The zero-order valence-electron chi connectivity index (χ0n) is 19.9. The molecule has 0 aromatic heterocycles. The van der Waals surface area contributed by atoms with Gasteiger partial charge in [-0.3, -0.25) is 0 Å². The Morgan fingerprint density at radius 1 is 1.07 bits per heavy atom. The molecular formula is C28H44O2. The molecule has 3 fully saturated rings. The van der Waals surface area contributed by atoms with Gasteiger partial charge in [0.1, 0.15) is 0 Å². The van der Waals surface area contributed by atoms with E-state index in [-0.39, 0.29) is 0 Å². The van der Waals surface area contributed by atoms with Crippen molar-refractivity contribution >= 4 is 0 Å². The summed E-state index contributed by atoms with van der Waals surface area (Å²) in [5.74, 6) is 3.38. The van der Waals surface area contributed by atoms with Crippen LogP contribution < -0.4 is 0 Å². The van der Waals surface area contributed by atoms with Crippen molar-refractivity contribution in [1.82, 2.24) is 0 Å². The SMILES string of the molecule is C=C1/C(=C\C=C2/CCC[C@]3(C)[C@@H]([C@H](C)/C=C/[C@H](C)C(C)C)CC[C@@H]23)C[C@@H](O)C[C@H]1O. The first-order valence-electron chi connectivity index (χ1n) is 12.3. The number of aliphatic hydroxyl groups excluding tert-OH is 2. The topological polar surface area (TPSA) is 40.5 Å². The fourth-order valence-corrected chi connectivity index (χ4v) is 6.32. The van der Waals surface area contributed by atoms with Crippen LogP contribution in [0.25, 0.3) is 0 Å². The minimum Gasteiger partial charge on any atom is -0.393 e. The van der Waals surface area contributed by atoms with Crippen molar-refractivity contribution in [3.63, 3.8) is 0 Å². The standard InChI is InChI=1S/C28H44O2/c1-18(2)19(3)9-10-20(4)25-13-14-26-22(8-7-15-28(25,26)6)11-12-23-16-24(29)17-27(30)21(23)5/h9-12,18-20,24-27,29-30H,5,7-8,13-17H2,1-4,6H3/b10-9+,22-11+,23-12-/t19-,20+,24+,25+,26-,27+,28+/m0/s1. The minimum absolute atomic E-state index is 0.385. The molecular weight excluding hydrogens is 368 g/mol. The highest BCUT2D eigenvalue weighted by Crippen LogP contribution is 2.59. The van der Waals surface area contributed by atoms with Gasteiger partial charge < -0.3 is 10.2 Å². The highest BCUT2D eigenvalue weighted by Gasteiger charge is 2.50. The molecule has 0 amide bonds. The van der Waals surface area contributed by atoms with Crippen molar-refractivity contribution in [2.24, 2.45) is 35.0 Å². The van der Waals surface area contributed by atoms with Crippen LogP contribution in [-0.4, -0.2) is 22.4 Å². The first-order valence-corrected chi connectivity index (χ1v) is 12.3. The lowest BCUT2D eigenvalue weighted by molar-refractivity contribution is 0.0862. The van der Waals surface area contributed by atoms with Crippen LogP contribution >= 0.6 is 0 Å². The first kappa shape index (κ1) is 23.5. The Bertz CT molecular complexity index is 712. The smallest absolute Gasteiger partial charge is 0.0811 e. The highest BCUT2D eigenvalue weighted by molar-refractivity contribution is 5.38. The summed E-state index contributed by atoms with van der Waals surface area (Å²) in [5.41, 5.74) is 3.77. The van der Waals surface area contributed by atoms with Crippen molar-refractivity contribution in [1.29, 1.82) is 0 Å². The van der Waals surface area contributed by atoms with E-state index in [4.69, 9.17) is 0 Å². The fraction of sp³-hybridized carbons (Fsp3) is 0.714. The molecule has 3 aliphatic carbocycles. The molecule has 0 unspecified atom stereocenters. The molecule has 168 valence electrons. The molecule has 0 saturated heterocycles. The second-order valence-electron chi connectivity index (χ2n) is 11.0. The summed E-state index contributed by atoms with van der Waals surface area (Å²) in [6, 6.07) is 0. The fourth-order valence-electron chi connectivity index (χ4n) is 6.32. The molecule has 0 aliphatic heterocycles. The summed E-state index contributed by atoms with van der Waals surface area (Å²) in [6.45, 7) is 16.0. The molecule has 2 N–H and O–H groups in total. The number of hydrogen-bond donors (Lipinski definition) is 2. The molecule has 0 radical (unpaired) electrons. The van der Waals surface area contributed by atoms with Crippen LogP contribution in [0.15, 0.2) is 47.6 Å². The Balaban J connectivity index is 1.76. The van der Waals surface area contributed by atoms with Gasteiger partial charge in [0.15, 0.2) is 0 Å². The lowest BCUT2D eigenvalue weighted by Gasteiger charge is -2.44. The van der Waals surface area contributed by atoms with E-state index in [0.717, 1.165) is 17.1 Å². The Labute approximate surface area is 184 Å². The van der Waals surface area contributed by atoms with Crippen molar-refractivity contribution in [2.75, 3.05) is 0 Å². The molecule has 2 heteroatoms. The predicted octanol–water partition coefficient (Wildman–Crippen LogP) is 6.61. The van der Waals surface area contributed by atoms with Gasteiger partial charge in [-0.25, -0.2) is 0 Å². The van der Waals surface area contributed by atoms with Crippen molar-refractivity contribution in [3.8, 4) is 0 Å². The third-order valence-electron chi connectivity index (χ3n) is 8.71. The normalized spacial score (nSPS) is 39.8. The second kappa shape index (κ2) is 9.57. The zero-order chi connectivity index (χ0) is 22.1. The van der Waals surface area contributed by atoms with Crippen LogP contribution in [-0.2, 0) is 0 Å². The summed E-state index contributed by atoms with van der Waals surface area (Å²) >= 11 is 0. The number of fused-ring (bicyclic) bond motifs is 1. The lowest BCUT2D eigenvalue weighted by atomic mass is 9.61. The maximum absolute atomic E-state index is 10.1. The molecule has 3 rings (SSSR count). The Morgan fingerprint density at radius 2 is 1.80 bits per heavy atom. The van der Waals surface area contributed by atoms with Gasteiger partial charge in [0.05, 0.1) is 12.2 Å². The van der Waals surface area contributed by atoms with Crippen molar-refractivity contribution in [2.45, 2.75) is 91.8 Å². The molecule has 2 nitrogen and oxygen atoms in total. The van der Waals surface area contributed by atoms with Crippen LogP contribution in [0.5, 0.6) is 0 Å². The molecule has 0 heterocycles. The summed E-state index contributed by atoms with van der Waals surface area (Å²) < 4.78 is 0. The van der Waals surface area contributed by atoms with Gasteiger partial charge in [-0.05, 0) is 84.7 Å². The number of aliphatic hydroxyl groups is 2. The van der Waals surface area contributed by atoms with E-state index in [1.165, 1.54) is 32.1 Å². The molecule has 0 spiro atoms. The third kappa shape index (κ3) is 4.86.